The van der Waals surface area contributed by atoms with Gasteiger partial charge in [-0.15, -0.1) is 0 Å². The Hall–Kier alpha value is -1.56. The SMILES string of the molecule is CCC(COC)Nc1cc(OC)nc(N)n1. The Morgan fingerprint density at radius 1 is 1.44 bits per heavy atom. The number of nitrogens with zero attached hydrogens (tertiary/aromatic N) is 2. The number of rotatable bonds is 6. The molecule has 0 aliphatic rings. The van der Waals surface area contributed by atoms with E-state index in [2.05, 4.69) is 22.2 Å². The molecule has 0 saturated heterocycles. The van der Waals surface area contributed by atoms with Gasteiger partial charge in [0, 0.05) is 13.2 Å². The molecule has 3 N–H and O–H groups in total. The molecule has 0 aromatic carbocycles. The average Bonchev–Trinajstić information content (AvgIpc) is 2.27. The zero-order chi connectivity index (χ0) is 12.0. The first-order chi connectivity index (χ1) is 7.69. The first kappa shape index (κ1) is 12.5. The van der Waals surface area contributed by atoms with Crippen molar-refractivity contribution < 1.29 is 9.47 Å². The monoisotopic (exact) mass is 226 g/mol. The second-order valence-corrected chi connectivity index (χ2v) is 3.36. The number of nitrogens with two attached hydrogens (primary N) is 1. The first-order valence-electron chi connectivity index (χ1n) is 5.13. The Bertz CT molecular complexity index is 333. The lowest BCUT2D eigenvalue weighted by molar-refractivity contribution is 0.184. The fourth-order valence-electron chi connectivity index (χ4n) is 1.29. The molecule has 1 rings (SSSR count). The van der Waals surface area contributed by atoms with Crippen molar-refractivity contribution in [1.29, 1.82) is 0 Å². The van der Waals surface area contributed by atoms with Gasteiger partial charge >= 0.3 is 0 Å². The predicted octanol–water partition coefficient (Wildman–Crippen LogP) is 0.904. The molecule has 0 aliphatic heterocycles. The summed E-state index contributed by atoms with van der Waals surface area (Å²) < 4.78 is 10.1. The number of aromatic nitrogens is 2. The highest BCUT2D eigenvalue weighted by molar-refractivity contribution is 5.43. The highest BCUT2D eigenvalue weighted by Crippen LogP contribution is 2.15. The fraction of sp³-hybridized carbons (Fsp3) is 0.600. The Balaban J connectivity index is 2.74. The fourth-order valence-corrected chi connectivity index (χ4v) is 1.29. The van der Waals surface area contributed by atoms with E-state index in [9.17, 15) is 0 Å². The van der Waals surface area contributed by atoms with Gasteiger partial charge in [-0.25, -0.2) is 0 Å². The molecule has 0 spiro atoms. The quantitative estimate of drug-likeness (QED) is 0.750. The van der Waals surface area contributed by atoms with Crippen LogP contribution in [-0.4, -0.2) is 36.8 Å². The van der Waals surface area contributed by atoms with Crippen molar-refractivity contribution in [3.63, 3.8) is 0 Å². The molecule has 0 amide bonds. The van der Waals surface area contributed by atoms with Gasteiger partial charge in [0.1, 0.15) is 5.82 Å². The van der Waals surface area contributed by atoms with E-state index in [-0.39, 0.29) is 12.0 Å². The topological polar surface area (TPSA) is 82.3 Å². The summed E-state index contributed by atoms with van der Waals surface area (Å²) in [6.07, 6.45) is 0.931. The third kappa shape index (κ3) is 3.54. The maximum atomic E-state index is 5.55. The minimum atomic E-state index is 0.189. The largest absolute Gasteiger partial charge is 0.481 e. The average molecular weight is 226 g/mol. The van der Waals surface area contributed by atoms with Crippen LogP contribution in [-0.2, 0) is 4.74 Å². The smallest absolute Gasteiger partial charge is 0.225 e. The van der Waals surface area contributed by atoms with Gasteiger partial charge in [-0.05, 0) is 6.42 Å². The Morgan fingerprint density at radius 2 is 2.19 bits per heavy atom. The molecule has 1 unspecified atom stereocenters. The zero-order valence-corrected chi connectivity index (χ0v) is 9.86. The van der Waals surface area contributed by atoms with Gasteiger partial charge in [0.15, 0.2) is 0 Å². The van der Waals surface area contributed by atoms with E-state index < -0.39 is 0 Å². The summed E-state index contributed by atoms with van der Waals surface area (Å²) in [5.41, 5.74) is 5.55. The van der Waals surface area contributed by atoms with Gasteiger partial charge in [0.05, 0.1) is 19.8 Å². The molecule has 90 valence electrons. The van der Waals surface area contributed by atoms with Crippen LogP contribution in [0.4, 0.5) is 11.8 Å². The van der Waals surface area contributed by atoms with Gasteiger partial charge in [-0.2, -0.15) is 9.97 Å². The van der Waals surface area contributed by atoms with Gasteiger partial charge < -0.3 is 20.5 Å². The molecule has 1 atom stereocenters. The van der Waals surface area contributed by atoms with Crippen molar-refractivity contribution >= 4 is 11.8 Å². The molecule has 0 bridgehead atoms. The lowest BCUT2D eigenvalue weighted by Crippen LogP contribution is -2.24. The van der Waals surface area contributed by atoms with E-state index in [1.807, 2.05) is 0 Å². The van der Waals surface area contributed by atoms with E-state index >= 15 is 0 Å². The minimum absolute atomic E-state index is 0.189. The van der Waals surface area contributed by atoms with E-state index in [4.69, 9.17) is 15.2 Å². The van der Waals surface area contributed by atoms with Gasteiger partial charge in [0.2, 0.25) is 11.8 Å². The van der Waals surface area contributed by atoms with E-state index in [0.29, 0.717) is 18.3 Å². The molecule has 6 nitrogen and oxygen atoms in total. The summed E-state index contributed by atoms with van der Waals surface area (Å²) in [7, 11) is 3.21. The molecule has 6 heteroatoms. The third-order valence-electron chi connectivity index (χ3n) is 2.14. The highest BCUT2D eigenvalue weighted by atomic mass is 16.5. The van der Waals surface area contributed by atoms with E-state index in [1.54, 1.807) is 13.2 Å². The third-order valence-corrected chi connectivity index (χ3v) is 2.14. The van der Waals surface area contributed by atoms with E-state index in [1.165, 1.54) is 7.11 Å². The van der Waals surface area contributed by atoms with Crippen LogP contribution in [0.3, 0.4) is 0 Å². The second kappa shape index (κ2) is 6.12. The van der Waals surface area contributed by atoms with Gasteiger partial charge in [0.25, 0.3) is 0 Å². The molecule has 1 aromatic rings. The summed E-state index contributed by atoms with van der Waals surface area (Å²) >= 11 is 0. The zero-order valence-electron chi connectivity index (χ0n) is 9.86. The van der Waals surface area contributed by atoms with Crippen LogP contribution in [0.15, 0.2) is 6.07 Å². The Morgan fingerprint density at radius 3 is 2.75 bits per heavy atom. The molecule has 0 aliphatic carbocycles. The van der Waals surface area contributed by atoms with Crippen molar-refractivity contribution in [2.45, 2.75) is 19.4 Å². The Labute approximate surface area is 95.2 Å². The number of nitrogen functional groups attached to an aromatic ring is 1. The van der Waals surface area contributed by atoms with Crippen LogP contribution >= 0.6 is 0 Å². The summed E-state index contributed by atoms with van der Waals surface area (Å²) in [5.74, 6) is 1.28. The Kier molecular flexibility index (Phi) is 4.78. The van der Waals surface area contributed by atoms with Crippen LogP contribution in [0.5, 0.6) is 5.88 Å². The lowest BCUT2D eigenvalue weighted by atomic mass is 10.2. The van der Waals surface area contributed by atoms with Crippen LogP contribution in [0.2, 0.25) is 0 Å². The summed E-state index contributed by atoms with van der Waals surface area (Å²) in [5, 5.41) is 3.21. The molecule has 0 fully saturated rings. The van der Waals surface area contributed by atoms with E-state index in [0.717, 1.165) is 6.42 Å². The standard InChI is InChI=1S/C10H18N4O2/c1-4-7(6-15-2)12-8-5-9(16-3)14-10(11)13-8/h5,7H,4,6H2,1-3H3,(H3,11,12,13,14). The molecule has 0 saturated carbocycles. The maximum Gasteiger partial charge on any atom is 0.225 e. The summed E-state index contributed by atoms with van der Waals surface area (Å²) in [6.45, 7) is 2.68. The predicted molar refractivity (Wildman–Crippen MR) is 62.6 cm³/mol. The molecular weight excluding hydrogens is 208 g/mol. The van der Waals surface area contributed by atoms with Crippen LogP contribution in [0.25, 0.3) is 0 Å². The van der Waals surface area contributed by atoms with Crippen LogP contribution < -0.4 is 15.8 Å². The van der Waals surface area contributed by atoms with Crippen molar-refractivity contribution in [2.24, 2.45) is 0 Å². The molecule has 0 radical (unpaired) electrons. The van der Waals surface area contributed by atoms with Crippen LogP contribution in [0, 0.1) is 0 Å². The van der Waals surface area contributed by atoms with Crippen molar-refractivity contribution in [3.8, 4) is 5.88 Å². The lowest BCUT2D eigenvalue weighted by Gasteiger charge is -2.16. The van der Waals surface area contributed by atoms with Crippen molar-refractivity contribution in [3.05, 3.63) is 6.07 Å². The molecule has 1 heterocycles. The molecule has 1 aromatic heterocycles. The number of methoxy groups -OCH3 is 2. The van der Waals surface area contributed by atoms with Crippen molar-refractivity contribution in [2.75, 3.05) is 31.9 Å². The number of anilines is 2. The summed E-state index contributed by atoms with van der Waals surface area (Å²) in [6, 6.07) is 1.90. The number of hydrogen-bond acceptors (Lipinski definition) is 6. The highest BCUT2D eigenvalue weighted by Gasteiger charge is 2.08. The molecule has 16 heavy (non-hydrogen) atoms. The molecular formula is C10H18N4O2. The van der Waals surface area contributed by atoms with Crippen molar-refractivity contribution in [1.82, 2.24) is 9.97 Å². The minimum Gasteiger partial charge on any atom is -0.481 e. The number of ether oxygens (including phenoxy) is 2. The maximum absolute atomic E-state index is 5.55. The number of hydrogen-bond donors (Lipinski definition) is 2. The first-order valence-corrected chi connectivity index (χ1v) is 5.13. The number of nitrogens with one attached hydrogen (secondary N) is 1. The van der Waals surface area contributed by atoms with Gasteiger partial charge in [-0.3, -0.25) is 0 Å². The van der Waals surface area contributed by atoms with Gasteiger partial charge in [-0.1, -0.05) is 6.92 Å². The van der Waals surface area contributed by atoms with Crippen LogP contribution in [0.1, 0.15) is 13.3 Å². The summed E-state index contributed by atoms with van der Waals surface area (Å²) in [4.78, 5) is 7.98. The second-order valence-electron chi connectivity index (χ2n) is 3.36. The normalized spacial score (nSPS) is 12.2.